The van der Waals surface area contributed by atoms with Crippen molar-refractivity contribution < 1.29 is 10.2 Å². The van der Waals surface area contributed by atoms with Gasteiger partial charge in [0.15, 0.2) is 6.29 Å². The van der Waals surface area contributed by atoms with E-state index in [4.69, 9.17) is 10.8 Å². The molecule has 0 aliphatic carbocycles. The molecule has 43 valence electrons. The van der Waals surface area contributed by atoms with Crippen molar-refractivity contribution in [2.75, 3.05) is 6.54 Å². The topological polar surface area (TPSA) is 66.2 Å². The van der Waals surface area contributed by atoms with Gasteiger partial charge < -0.3 is 10.8 Å². The SMILES string of the molecule is NCCCC([O])O. The van der Waals surface area contributed by atoms with Crippen molar-refractivity contribution in [3.05, 3.63) is 0 Å². The fourth-order valence-electron chi connectivity index (χ4n) is 0.292. The largest absolute Gasteiger partial charge is 0.366 e. The van der Waals surface area contributed by atoms with Crippen LogP contribution in [0.4, 0.5) is 0 Å². The van der Waals surface area contributed by atoms with Gasteiger partial charge in [-0.2, -0.15) is 0 Å². The van der Waals surface area contributed by atoms with Gasteiger partial charge in [0.05, 0.1) is 0 Å². The molecule has 3 N–H and O–H groups in total. The predicted molar refractivity (Wildman–Crippen MR) is 25.0 cm³/mol. The van der Waals surface area contributed by atoms with E-state index in [2.05, 4.69) is 0 Å². The molecule has 0 spiro atoms. The summed E-state index contributed by atoms with van der Waals surface area (Å²) in [5, 5.41) is 17.9. The average molecular weight is 104 g/mol. The normalized spacial score (nSPS) is 10.3. The van der Waals surface area contributed by atoms with Crippen LogP contribution < -0.4 is 5.73 Å². The number of nitrogens with two attached hydrogens (primary N) is 1. The van der Waals surface area contributed by atoms with Crippen molar-refractivity contribution in [1.82, 2.24) is 0 Å². The van der Waals surface area contributed by atoms with Gasteiger partial charge in [-0.25, -0.2) is 5.11 Å². The van der Waals surface area contributed by atoms with Crippen LogP contribution in [0.3, 0.4) is 0 Å². The van der Waals surface area contributed by atoms with Crippen LogP contribution in [0, 0.1) is 0 Å². The molecule has 0 fully saturated rings. The lowest BCUT2D eigenvalue weighted by Crippen LogP contribution is -2.06. The van der Waals surface area contributed by atoms with E-state index in [1.54, 1.807) is 0 Å². The summed E-state index contributed by atoms with van der Waals surface area (Å²) in [6.45, 7) is 0.485. The molecule has 0 aromatic heterocycles. The van der Waals surface area contributed by atoms with Gasteiger partial charge in [-0.15, -0.1) is 0 Å². The first-order valence-electron chi connectivity index (χ1n) is 2.31. The van der Waals surface area contributed by atoms with Gasteiger partial charge in [-0.1, -0.05) is 0 Å². The highest BCUT2D eigenvalue weighted by atomic mass is 16.5. The Morgan fingerprint density at radius 1 is 1.71 bits per heavy atom. The fourth-order valence-corrected chi connectivity index (χ4v) is 0.292. The number of aliphatic hydroxyl groups excluding tert-OH is 1. The van der Waals surface area contributed by atoms with Gasteiger partial charge in [0.25, 0.3) is 0 Å². The highest BCUT2D eigenvalue weighted by molar-refractivity contribution is 4.39. The van der Waals surface area contributed by atoms with E-state index in [-0.39, 0.29) is 6.42 Å². The predicted octanol–water partition coefficient (Wildman–Crippen LogP) is -0.526. The lowest BCUT2D eigenvalue weighted by molar-refractivity contribution is -0.0961. The van der Waals surface area contributed by atoms with Gasteiger partial charge in [0, 0.05) is 6.42 Å². The van der Waals surface area contributed by atoms with Crippen LogP contribution in [0.25, 0.3) is 0 Å². The standard InChI is InChI=1S/C4H10NO2/c5-3-1-2-4(6)7/h4,6H,1-3,5H2. The highest BCUT2D eigenvalue weighted by Gasteiger charge is 1.94. The average Bonchev–Trinajstić information content (AvgIpc) is 1.61. The smallest absolute Gasteiger partial charge is 0.188 e. The van der Waals surface area contributed by atoms with Gasteiger partial charge in [-0.3, -0.25) is 0 Å². The first kappa shape index (κ1) is 6.88. The van der Waals surface area contributed by atoms with Crippen LogP contribution >= 0.6 is 0 Å². The third-order valence-corrected chi connectivity index (χ3v) is 0.655. The van der Waals surface area contributed by atoms with Crippen molar-refractivity contribution >= 4 is 0 Å². The number of aliphatic hydroxyl groups is 1. The van der Waals surface area contributed by atoms with E-state index in [0.29, 0.717) is 13.0 Å². The zero-order chi connectivity index (χ0) is 5.70. The van der Waals surface area contributed by atoms with Gasteiger partial charge in [0.1, 0.15) is 0 Å². The molecule has 0 rings (SSSR count). The zero-order valence-electron chi connectivity index (χ0n) is 4.13. The molecule has 0 heterocycles. The quantitative estimate of drug-likeness (QED) is 0.473. The van der Waals surface area contributed by atoms with E-state index in [0.717, 1.165) is 0 Å². The summed E-state index contributed by atoms with van der Waals surface area (Å²) in [7, 11) is 0. The molecule has 1 atom stereocenters. The molecule has 0 saturated heterocycles. The number of hydrogen-bond acceptors (Lipinski definition) is 2. The lowest BCUT2D eigenvalue weighted by atomic mass is 10.3. The second-order valence-electron chi connectivity index (χ2n) is 1.39. The van der Waals surface area contributed by atoms with E-state index < -0.39 is 6.29 Å². The van der Waals surface area contributed by atoms with Crippen molar-refractivity contribution in [2.45, 2.75) is 19.1 Å². The van der Waals surface area contributed by atoms with Crippen LogP contribution in [0.2, 0.25) is 0 Å². The van der Waals surface area contributed by atoms with Gasteiger partial charge in [0.2, 0.25) is 0 Å². The molecule has 0 bridgehead atoms. The summed E-state index contributed by atoms with van der Waals surface area (Å²) in [5.41, 5.74) is 5.03. The first-order valence-corrected chi connectivity index (χ1v) is 2.31. The molecule has 3 nitrogen and oxygen atoms in total. The monoisotopic (exact) mass is 104 g/mol. The summed E-state index contributed by atoms with van der Waals surface area (Å²) in [6.07, 6.45) is -0.537. The summed E-state index contributed by atoms with van der Waals surface area (Å²) >= 11 is 0. The van der Waals surface area contributed by atoms with Crippen LogP contribution in [-0.2, 0) is 5.11 Å². The third kappa shape index (κ3) is 5.88. The number of hydrogen-bond donors (Lipinski definition) is 2. The maximum absolute atomic E-state index is 9.79. The van der Waals surface area contributed by atoms with Crippen LogP contribution in [0.5, 0.6) is 0 Å². The molecule has 0 amide bonds. The lowest BCUT2D eigenvalue weighted by Gasteiger charge is -1.94. The Morgan fingerprint density at radius 3 is 2.43 bits per heavy atom. The van der Waals surface area contributed by atoms with E-state index >= 15 is 0 Å². The molecule has 1 unspecified atom stereocenters. The Bertz CT molecular complexity index is 38.7. The van der Waals surface area contributed by atoms with Crippen molar-refractivity contribution in [3.63, 3.8) is 0 Å². The summed E-state index contributed by atoms with van der Waals surface area (Å²) in [4.78, 5) is 0. The molecule has 0 saturated carbocycles. The van der Waals surface area contributed by atoms with E-state index in [1.165, 1.54) is 0 Å². The fraction of sp³-hybridized carbons (Fsp3) is 1.00. The van der Waals surface area contributed by atoms with Crippen molar-refractivity contribution in [2.24, 2.45) is 5.73 Å². The van der Waals surface area contributed by atoms with Crippen LogP contribution in [-0.4, -0.2) is 17.9 Å². The summed E-state index contributed by atoms with van der Waals surface area (Å²) in [5.74, 6) is 0. The Hall–Kier alpha value is -0.120. The van der Waals surface area contributed by atoms with Crippen LogP contribution in [0.15, 0.2) is 0 Å². The van der Waals surface area contributed by atoms with Gasteiger partial charge in [-0.05, 0) is 13.0 Å². The minimum atomic E-state index is -1.43. The molecule has 1 radical (unpaired) electrons. The Kier molecular flexibility index (Phi) is 3.98. The highest BCUT2D eigenvalue weighted by Crippen LogP contribution is 1.89. The van der Waals surface area contributed by atoms with E-state index in [1.807, 2.05) is 0 Å². The first-order chi connectivity index (χ1) is 3.27. The van der Waals surface area contributed by atoms with Crippen molar-refractivity contribution in [3.8, 4) is 0 Å². The molecular formula is C4H10NO2. The Balaban J connectivity index is 2.68. The number of rotatable bonds is 3. The van der Waals surface area contributed by atoms with E-state index in [9.17, 15) is 5.11 Å². The minimum absolute atomic E-state index is 0.274. The Morgan fingerprint density at radius 2 is 2.29 bits per heavy atom. The Labute approximate surface area is 42.8 Å². The molecule has 0 aromatic carbocycles. The molecule has 0 aliphatic heterocycles. The van der Waals surface area contributed by atoms with Crippen molar-refractivity contribution in [1.29, 1.82) is 0 Å². The molecule has 3 heteroatoms. The molecule has 0 aliphatic rings. The summed E-state index contributed by atoms with van der Waals surface area (Å²) in [6, 6.07) is 0. The summed E-state index contributed by atoms with van der Waals surface area (Å²) < 4.78 is 0. The van der Waals surface area contributed by atoms with Crippen LogP contribution in [0.1, 0.15) is 12.8 Å². The zero-order valence-corrected chi connectivity index (χ0v) is 4.13. The molecule has 0 aromatic rings. The maximum Gasteiger partial charge on any atom is 0.188 e. The molecule has 7 heavy (non-hydrogen) atoms. The second-order valence-corrected chi connectivity index (χ2v) is 1.39. The molecular weight excluding hydrogens is 94.0 g/mol. The maximum atomic E-state index is 9.79. The minimum Gasteiger partial charge on any atom is -0.366 e. The third-order valence-electron chi connectivity index (χ3n) is 0.655. The van der Waals surface area contributed by atoms with Gasteiger partial charge >= 0.3 is 0 Å². The second kappa shape index (κ2) is 4.05.